The number of nitro groups is 1. The van der Waals surface area contributed by atoms with Gasteiger partial charge in [-0.3, -0.25) is 9.80 Å². The van der Waals surface area contributed by atoms with Gasteiger partial charge in [-0.2, -0.15) is 8.78 Å². The smallest absolute Gasteiger partial charge is 0.343 e. The fraction of sp³-hybridized carbons (Fsp3) is 0.727. The van der Waals surface area contributed by atoms with E-state index in [0.29, 0.717) is 11.5 Å². The van der Waals surface area contributed by atoms with E-state index in [-0.39, 0.29) is 6.54 Å². The second-order valence-corrected chi connectivity index (χ2v) is 4.63. The monoisotopic (exact) mass is 307 g/mol. The van der Waals surface area contributed by atoms with Gasteiger partial charge in [-0.05, 0) is 11.5 Å². The number of carbonyl (C=O) groups excluding carboxylic acids is 1. The third-order valence-corrected chi connectivity index (χ3v) is 2.81. The molecule has 0 radical (unpaired) electrons. The van der Waals surface area contributed by atoms with Crippen molar-refractivity contribution < 1.29 is 18.6 Å². The third-order valence-electron chi connectivity index (χ3n) is 2.81. The molecular weight excluding hydrogens is 288 g/mol. The first kappa shape index (κ1) is 17.1. The minimum Gasteiger partial charge on any atom is -0.351 e. The van der Waals surface area contributed by atoms with Crippen LogP contribution in [-0.2, 0) is 4.79 Å². The van der Waals surface area contributed by atoms with Gasteiger partial charge in [-0.15, -0.1) is 0 Å². The summed E-state index contributed by atoms with van der Waals surface area (Å²) in [6.07, 6.45) is 5.56. The lowest BCUT2D eigenvalue weighted by atomic mass is 10.2. The SMILES string of the molecule is CCCCCCNC(=O)C(F)(F)CN1C=CN([N+](=O)[O-])N1. The van der Waals surface area contributed by atoms with E-state index < -0.39 is 23.4 Å². The highest BCUT2D eigenvalue weighted by Gasteiger charge is 2.41. The lowest BCUT2D eigenvalue weighted by Gasteiger charge is -2.22. The van der Waals surface area contributed by atoms with Gasteiger partial charge in [0.1, 0.15) is 12.7 Å². The topological polar surface area (TPSA) is 90.8 Å². The highest BCUT2D eigenvalue weighted by atomic mass is 19.3. The average Bonchev–Trinajstić information content (AvgIpc) is 2.86. The molecule has 0 fully saturated rings. The Hall–Kier alpha value is -1.97. The van der Waals surface area contributed by atoms with Gasteiger partial charge in [0.2, 0.25) is 0 Å². The van der Waals surface area contributed by atoms with Crippen LogP contribution >= 0.6 is 0 Å². The van der Waals surface area contributed by atoms with Crippen molar-refractivity contribution in [2.75, 3.05) is 13.1 Å². The van der Waals surface area contributed by atoms with E-state index in [4.69, 9.17) is 0 Å². The molecule has 0 saturated carbocycles. The number of unbranched alkanes of at least 4 members (excludes halogenated alkanes) is 3. The Kier molecular flexibility index (Phi) is 6.28. The van der Waals surface area contributed by atoms with Crippen molar-refractivity contribution >= 4 is 5.91 Å². The quantitative estimate of drug-likeness (QED) is 0.375. The normalized spacial score (nSPS) is 14.6. The number of amides is 1. The number of halogens is 2. The molecule has 0 unspecified atom stereocenters. The van der Waals surface area contributed by atoms with E-state index >= 15 is 0 Å². The van der Waals surface area contributed by atoms with Gasteiger partial charge in [0, 0.05) is 12.7 Å². The van der Waals surface area contributed by atoms with Crippen molar-refractivity contribution in [3.8, 4) is 0 Å². The van der Waals surface area contributed by atoms with Gasteiger partial charge >= 0.3 is 5.92 Å². The predicted octanol–water partition coefficient (Wildman–Crippen LogP) is 1.02. The van der Waals surface area contributed by atoms with E-state index in [0.717, 1.165) is 36.7 Å². The standard InChI is InChI=1S/C11H19F2N5O3/c1-2-3-4-5-6-14-10(19)11(12,13)9-16-7-8-17(15-16)18(20)21/h7-8,15H,2-6,9H2,1H3,(H,14,19). The molecule has 1 aliphatic rings. The number of hydrazine groups is 3. The molecule has 120 valence electrons. The minimum atomic E-state index is -3.64. The van der Waals surface area contributed by atoms with Crippen LogP contribution in [0.25, 0.3) is 0 Å². The Balaban J connectivity index is 2.34. The van der Waals surface area contributed by atoms with E-state index in [2.05, 4.69) is 10.9 Å². The summed E-state index contributed by atoms with van der Waals surface area (Å²) in [6, 6.07) is 0. The number of rotatable bonds is 9. The Morgan fingerprint density at radius 3 is 2.67 bits per heavy atom. The van der Waals surface area contributed by atoms with Crippen molar-refractivity contribution in [1.29, 1.82) is 0 Å². The van der Waals surface area contributed by atoms with Gasteiger partial charge in [-0.25, -0.2) is 10.1 Å². The van der Waals surface area contributed by atoms with Crippen molar-refractivity contribution in [3.05, 3.63) is 22.5 Å². The van der Waals surface area contributed by atoms with Gasteiger partial charge < -0.3 is 5.32 Å². The van der Waals surface area contributed by atoms with Crippen molar-refractivity contribution in [3.63, 3.8) is 0 Å². The highest BCUT2D eigenvalue weighted by molar-refractivity contribution is 5.83. The second kappa shape index (κ2) is 7.72. The number of nitrogens with one attached hydrogen (secondary N) is 2. The summed E-state index contributed by atoms with van der Waals surface area (Å²) in [5.74, 6) is -5.02. The van der Waals surface area contributed by atoms with Crippen LogP contribution in [0.1, 0.15) is 32.6 Å². The van der Waals surface area contributed by atoms with Crippen LogP contribution in [0, 0.1) is 10.1 Å². The summed E-state index contributed by atoms with van der Waals surface area (Å²) in [6.45, 7) is 1.23. The molecule has 0 bridgehead atoms. The molecule has 1 heterocycles. The summed E-state index contributed by atoms with van der Waals surface area (Å²) < 4.78 is 27.3. The Morgan fingerprint density at radius 2 is 2.10 bits per heavy atom. The first-order chi connectivity index (χ1) is 9.86. The van der Waals surface area contributed by atoms with Crippen LogP contribution in [0.5, 0.6) is 0 Å². The van der Waals surface area contributed by atoms with Crippen LogP contribution in [0.3, 0.4) is 0 Å². The number of alkyl halides is 2. The van der Waals surface area contributed by atoms with Gasteiger partial charge in [0.15, 0.2) is 5.03 Å². The van der Waals surface area contributed by atoms with E-state index in [1.165, 1.54) is 0 Å². The first-order valence-corrected chi connectivity index (χ1v) is 6.67. The molecule has 10 heteroatoms. The van der Waals surface area contributed by atoms with E-state index in [1.807, 2.05) is 6.92 Å². The Labute approximate surface area is 120 Å². The lowest BCUT2D eigenvalue weighted by Crippen LogP contribution is -2.51. The maximum Gasteiger partial charge on any atom is 0.343 e. The number of hydrogen-bond donors (Lipinski definition) is 2. The molecule has 1 amide bonds. The molecule has 2 N–H and O–H groups in total. The van der Waals surface area contributed by atoms with Crippen LogP contribution in [0.4, 0.5) is 8.78 Å². The molecule has 0 saturated heterocycles. The maximum absolute atomic E-state index is 13.7. The molecule has 0 spiro atoms. The zero-order valence-electron chi connectivity index (χ0n) is 11.7. The number of carbonyl (C=O) groups is 1. The molecule has 0 aromatic carbocycles. The van der Waals surface area contributed by atoms with Gasteiger partial charge in [-0.1, -0.05) is 31.7 Å². The van der Waals surface area contributed by atoms with Crippen molar-refractivity contribution in [1.82, 2.24) is 21.0 Å². The molecule has 21 heavy (non-hydrogen) atoms. The number of hydrogen-bond acceptors (Lipinski definition) is 5. The van der Waals surface area contributed by atoms with Crippen LogP contribution < -0.4 is 10.9 Å². The lowest BCUT2D eigenvalue weighted by molar-refractivity contribution is -0.657. The van der Waals surface area contributed by atoms with Gasteiger partial charge in [0.25, 0.3) is 5.91 Å². The molecule has 8 nitrogen and oxygen atoms in total. The predicted molar refractivity (Wildman–Crippen MR) is 69.9 cm³/mol. The molecular formula is C11H19F2N5O3. The van der Waals surface area contributed by atoms with Crippen LogP contribution in [0.15, 0.2) is 12.4 Å². The minimum absolute atomic E-state index is 0.193. The second-order valence-electron chi connectivity index (χ2n) is 4.63. The Morgan fingerprint density at radius 1 is 1.38 bits per heavy atom. The first-order valence-electron chi connectivity index (χ1n) is 6.67. The fourth-order valence-electron chi connectivity index (χ4n) is 1.69. The maximum atomic E-state index is 13.7. The van der Waals surface area contributed by atoms with Crippen LogP contribution in [-0.4, -0.2) is 40.1 Å². The average molecular weight is 307 g/mol. The van der Waals surface area contributed by atoms with Crippen molar-refractivity contribution in [2.24, 2.45) is 0 Å². The van der Waals surface area contributed by atoms with Crippen LogP contribution in [0.2, 0.25) is 0 Å². The molecule has 0 aromatic rings. The molecule has 0 aromatic heterocycles. The van der Waals surface area contributed by atoms with Gasteiger partial charge in [0.05, 0.1) is 0 Å². The van der Waals surface area contributed by atoms with Crippen molar-refractivity contribution in [2.45, 2.75) is 38.5 Å². The Bertz CT molecular complexity index is 405. The fourth-order valence-corrected chi connectivity index (χ4v) is 1.69. The summed E-state index contributed by atoms with van der Waals surface area (Å²) >= 11 is 0. The highest BCUT2D eigenvalue weighted by Crippen LogP contribution is 2.17. The molecule has 0 atom stereocenters. The molecule has 0 aliphatic carbocycles. The molecule has 1 rings (SSSR count). The van der Waals surface area contributed by atoms with E-state index in [9.17, 15) is 23.7 Å². The molecule has 1 aliphatic heterocycles. The summed E-state index contributed by atoms with van der Waals surface area (Å²) in [4.78, 5) is 21.8. The van der Waals surface area contributed by atoms with E-state index in [1.54, 1.807) is 0 Å². The zero-order chi connectivity index (χ0) is 15.9. The third kappa shape index (κ3) is 5.50. The largest absolute Gasteiger partial charge is 0.351 e. The summed E-state index contributed by atoms with van der Waals surface area (Å²) in [7, 11) is 0. The number of nitrogens with zero attached hydrogens (tertiary/aromatic N) is 3. The summed E-state index contributed by atoms with van der Waals surface area (Å²) in [5.41, 5.74) is 2.08. The zero-order valence-corrected chi connectivity index (χ0v) is 11.7. The summed E-state index contributed by atoms with van der Waals surface area (Å²) in [5, 5.41) is 12.9.